The number of anilines is 1. The number of carbonyl (C=O) groups is 1. The molecular weight excluding hydrogens is 298 g/mol. The van der Waals surface area contributed by atoms with Gasteiger partial charge in [0, 0.05) is 25.1 Å². The van der Waals surface area contributed by atoms with Crippen molar-refractivity contribution in [2.75, 3.05) is 11.1 Å². The van der Waals surface area contributed by atoms with E-state index in [2.05, 4.69) is 11.4 Å². The summed E-state index contributed by atoms with van der Waals surface area (Å²) in [5.74, 6) is 0.909. The third-order valence-corrected chi connectivity index (χ3v) is 3.96. The number of hydrogen-bond donors (Lipinski definition) is 1. The molecule has 5 nitrogen and oxygen atoms in total. The van der Waals surface area contributed by atoms with Gasteiger partial charge in [-0.1, -0.05) is 12.1 Å². The zero-order valence-corrected chi connectivity index (χ0v) is 12.9. The molecule has 0 atom stereocenters. The molecule has 0 saturated carbocycles. The van der Waals surface area contributed by atoms with Gasteiger partial charge in [-0.2, -0.15) is 5.26 Å². The Hall–Kier alpha value is -2.52. The number of aryl methyl sites for hydroxylation is 1. The summed E-state index contributed by atoms with van der Waals surface area (Å²) in [5, 5.41) is 11.5. The summed E-state index contributed by atoms with van der Waals surface area (Å²) in [6, 6.07) is 12.4. The van der Waals surface area contributed by atoms with E-state index in [0.717, 1.165) is 5.56 Å². The number of aromatic nitrogens is 1. The Bertz CT molecular complexity index is 760. The Morgan fingerprint density at radius 3 is 2.64 bits per heavy atom. The van der Waals surface area contributed by atoms with Crippen molar-refractivity contribution >= 4 is 23.4 Å². The van der Waals surface area contributed by atoms with E-state index < -0.39 is 0 Å². The average molecular weight is 313 g/mol. The molecule has 0 spiro atoms. The SMILES string of the molecule is Cn1cc(NC(=O)CSCc2ccc(C#N)cc2)ccc1=O. The van der Waals surface area contributed by atoms with E-state index in [4.69, 9.17) is 5.26 Å². The van der Waals surface area contributed by atoms with Gasteiger partial charge in [0.25, 0.3) is 0 Å². The maximum absolute atomic E-state index is 11.8. The van der Waals surface area contributed by atoms with Crippen LogP contribution in [0.1, 0.15) is 11.1 Å². The Balaban J connectivity index is 1.81. The first-order chi connectivity index (χ1) is 10.6. The molecule has 22 heavy (non-hydrogen) atoms. The fraction of sp³-hybridized carbons (Fsp3) is 0.188. The zero-order chi connectivity index (χ0) is 15.9. The molecule has 112 valence electrons. The van der Waals surface area contributed by atoms with Crippen LogP contribution in [0.5, 0.6) is 0 Å². The summed E-state index contributed by atoms with van der Waals surface area (Å²) in [4.78, 5) is 23.1. The van der Waals surface area contributed by atoms with Gasteiger partial charge in [-0.05, 0) is 23.8 Å². The molecule has 0 fully saturated rings. The first-order valence-corrected chi connectivity index (χ1v) is 7.77. The standard InChI is InChI=1S/C16H15N3O2S/c1-19-9-14(6-7-16(19)21)18-15(20)11-22-10-13-4-2-12(8-17)3-5-13/h2-7,9H,10-11H2,1H3,(H,18,20). The second-order valence-electron chi connectivity index (χ2n) is 4.72. The van der Waals surface area contributed by atoms with Crippen molar-refractivity contribution in [3.63, 3.8) is 0 Å². The van der Waals surface area contributed by atoms with Crippen LogP contribution in [0.2, 0.25) is 0 Å². The maximum Gasteiger partial charge on any atom is 0.250 e. The monoisotopic (exact) mass is 313 g/mol. The first-order valence-electron chi connectivity index (χ1n) is 6.62. The largest absolute Gasteiger partial charge is 0.324 e. The van der Waals surface area contributed by atoms with E-state index in [-0.39, 0.29) is 11.5 Å². The lowest BCUT2D eigenvalue weighted by molar-refractivity contribution is -0.113. The van der Waals surface area contributed by atoms with Crippen LogP contribution in [0.25, 0.3) is 0 Å². The topological polar surface area (TPSA) is 74.9 Å². The van der Waals surface area contributed by atoms with E-state index in [9.17, 15) is 9.59 Å². The minimum atomic E-state index is -0.117. The van der Waals surface area contributed by atoms with Gasteiger partial charge in [-0.25, -0.2) is 0 Å². The molecule has 0 unspecified atom stereocenters. The summed E-state index contributed by atoms with van der Waals surface area (Å²) in [7, 11) is 1.64. The number of pyridine rings is 1. The molecule has 0 radical (unpaired) electrons. The number of nitrogens with one attached hydrogen (secondary N) is 1. The van der Waals surface area contributed by atoms with Gasteiger partial charge in [-0.15, -0.1) is 11.8 Å². The molecule has 0 aliphatic rings. The van der Waals surface area contributed by atoms with E-state index in [1.165, 1.54) is 22.4 Å². The van der Waals surface area contributed by atoms with Gasteiger partial charge in [0.1, 0.15) is 0 Å². The summed E-state index contributed by atoms with van der Waals surface area (Å²) in [6.07, 6.45) is 1.59. The molecule has 0 bridgehead atoms. The number of thioether (sulfide) groups is 1. The molecule has 0 aliphatic heterocycles. The number of amides is 1. The molecule has 2 aromatic rings. The van der Waals surface area contributed by atoms with Gasteiger partial charge < -0.3 is 9.88 Å². The highest BCUT2D eigenvalue weighted by Gasteiger charge is 2.04. The second kappa shape index (κ2) is 7.48. The van der Waals surface area contributed by atoms with Gasteiger partial charge >= 0.3 is 0 Å². The number of hydrogen-bond acceptors (Lipinski definition) is 4. The fourth-order valence-corrected chi connectivity index (χ4v) is 2.59. The quantitative estimate of drug-likeness (QED) is 0.917. The number of carbonyl (C=O) groups excluding carboxylic acids is 1. The highest BCUT2D eigenvalue weighted by atomic mass is 32.2. The molecule has 1 aromatic heterocycles. The van der Waals surface area contributed by atoms with Crippen LogP contribution in [0, 0.1) is 11.3 Å². The Morgan fingerprint density at radius 2 is 2.00 bits per heavy atom. The van der Waals surface area contributed by atoms with Crippen molar-refractivity contribution in [2.45, 2.75) is 5.75 Å². The van der Waals surface area contributed by atoms with Crippen molar-refractivity contribution in [2.24, 2.45) is 7.05 Å². The Morgan fingerprint density at radius 1 is 1.27 bits per heavy atom. The van der Waals surface area contributed by atoms with Crippen LogP contribution in [-0.2, 0) is 17.6 Å². The normalized spacial score (nSPS) is 10.0. The second-order valence-corrected chi connectivity index (χ2v) is 5.70. The van der Waals surface area contributed by atoms with E-state index in [0.29, 0.717) is 22.8 Å². The average Bonchev–Trinajstić information content (AvgIpc) is 2.51. The highest BCUT2D eigenvalue weighted by molar-refractivity contribution is 7.99. The van der Waals surface area contributed by atoms with Crippen LogP contribution in [0.3, 0.4) is 0 Å². The van der Waals surface area contributed by atoms with Gasteiger partial charge in [-0.3, -0.25) is 9.59 Å². The van der Waals surface area contributed by atoms with Gasteiger partial charge in [0.2, 0.25) is 11.5 Å². The van der Waals surface area contributed by atoms with Crippen molar-refractivity contribution in [3.8, 4) is 6.07 Å². The fourth-order valence-electron chi connectivity index (χ4n) is 1.80. The van der Waals surface area contributed by atoms with E-state index in [1.807, 2.05) is 12.1 Å². The summed E-state index contributed by atoms with van der Waals surface area (Å²) >= 11 is 1.49. The first kappa shape index (κ1) is 15.9. The molecule has 1 amide bonds. The zero-order valence-electron chi connectivity index (χ0n) is 12.1. The predicted molar refractivity (Wildman–Crippen MR) is 87.6 cm³/mol. The van der Waals surface area contributed by atoms with E-state index in [1.54, 1.807) is 31.4 Å². The minimum Gasteiger partial charge on any atom is -0.324 e. The molecule has 6 heteroatoms. The van der Waals surface area contributed by atoms with Gasteiger partial charge in [0.05, 0.1) is 23.1 Å². The van der Waals surface area contributed by atoms with Crippen molar-refractivity contribution in [3.05, 3.63) is 64.1 Å². The molecule has 1 heterocycles. The van der Waals surface area contributed by atoms with Crippen LogP contribution in [0.4, 0.5) is 5.69 Å². The molecule has 0 saturated heterocycles. The third-order valence-electron chi connectivity index (χ3n) is 2.95. The third kappa shape index (κ3) is 4.50. The number of nitriles is 1. The lowest BCUT2D eigenvalue weighted by Gasteiger charge is -2.06. The number of benzene rings is 1. The van der Waals surface area contributed by atoms with Crippen LogP contribution in [-0.4, -0.2) is 16.2 Å². The predicted octanol–water partition coefficient (Wildman–Crippen LogP) is 2.13. The maximum atomic E-state index is 11.8. The van der Waals surface area contributed by atoms with Crippen molar-refractivity contribution in [1.29, 1.82) is 5.26 Å². The number of rotatable bonds is 5. The minimum absolute atomic E-state index is 0.114. The smallest absolute Gasteiger partial charge is 0.250 e. The van der Waals surface area contributed by atoms with Crippen LogP contribution < -0.4 is 10.9 Å². The Kier molecular flexibility index (Phi) is 5.39. The summed E-state index contributed by atoms with van der Waals surface area (Å²) in [5.41, 5.74) is 2.18. The molecule has 1 aromatic carbocycles. The van der Waals surface area contributed by atoms with E-state index >= 15 is 0 Å². The van der Waals surface area contributed by atoms with Gasteiger partial charge in [0.15, 0.2) is 0 Å². The highest BCUT2D eigenvalue weighted by Crippen LogP contribution is 2.13. The molecular formula is C16H15N3O2S. The lowest BCUT2D eigenvalue weighted by atomic mass is 10.2. The van der Waals surface area contributed by atoms with Crippen LogP contribution in [0.15, 0.2) is 47.4 Å². The Labute approximate surface area is 132 Å². The molecule has 0 aliphatic carbocycles. The van der Waals surface area contributed by atoms with Crippen LogP contribution >= 0.6 is 11.8 Å². The summed E-state index contributed by atoms with van der Waals surface area (Å²) < 4.78 is 1.42. The van der Waals surface area contributed by atoms with Crippen molar-refractivity contribution < 1.29 is 4.79 Å². The molecule has 2 rings (SSSR count). The van der Waals surface area contributed by atoms with Crippen molar-refractivity contribution in [1.82, 2.24) is 4.57 Å². The lowest BCUT2D eigenvalue weighted by Crippen LogP contribution is -2.19. The number of nitrogens with zero attached hydrogens (tertiary/aromatic N) is 2. The summed E-state index contributed by atoms with van der Waals surface area (Å²) in [6.45, 7) is 0. The molecule has 1 N–H and O–H groups in total.